The van der Waals surface area contributed by atoms with Crippen molar-refractivity contribution >= 4 is 22.8 Å². The highest BCUT2D eigenvalue weighted by molar-refractivity contribution is 5.79. The maximum Gasteiger partial charge on any atom is 0.223 e. The summed E-state index contributed by atoms with van der Waals surface area (Å²) in [5, 5.41) is 3.18. The Kier molecular flexibility index (Phi) is 3.85. The molecule has 1 aliphatic heterocycles. The van der Waals surface area contributed by atoms with Crippen LogP contribution in [-0.2, 0) is 4.79 Å². The van der Waals surface area contributed by atoms with Crippen LogP contribution in [0.5, 0.6) is 0 Å². The van der Waals surface area contributed by atoms with E-state index >= 15 is 0 Å². The topological polar surface area (TPSA) is 58.1 Å². The molecular weight excluding hydrogens is 288 g/mol. The molecule has 0 radical (unpaired) electrons. The van der Waals surface area contributed by atoms with Crippen LogP contribution in [-0.4, -0.2) is 35.0 Å². The van der Waals surface area contributed by atoms with Gasteiger partial charge in [0.2, 0.25) is 5.91 Å². The van der Waals surface area contributed by atoms with Crippen molar-refractivity contribution in [3.63, 3.8) is 0 Å². The Balaban J connectivity index is 1.39. The molecule has 1 amide bonds. The van der Waals surface area contributed by atoms with Crippen LogP contribution in [0.25, 0.3) is 11.0 Å². The Hall–Kier alpha value is -2.17. The zero-order chi connectivity index (χ0) is 15.6. The van der Waals surface area contributed by atoms with E-state index in [-0.39, 0.29) is 11.8 Å². The molecule has 2 aliphatic rings. The lowest BCUT2D eigenvalue weighted by Crippen LogP contribution is -2.46. The Morgan fingerprint density at radius 1 is 1.09 bits per heavy atom. The molecule has 0 atom stereocenters. The van der Waals surface area contributed by atoms with E-state index in [9.17, 15) is 4.79 Å². The molecule has 23 heavy (non-hydrogen) atoms. The summed E-state index contributed by atoms with van der Waals surface area (Å²) >= 11 is 0. The van der Waals surface area contributed by atoms with Crippen molar-refractivity contribution in [2.24, 2.45) is 5.92 Å². The van der Waals surface area contributed by atoms with Gasteiger partial charge >= 0.3 is 0 Å². The van der Waals surface area contributed by atoms with Gasteiger partial charge in [-0.1, -0.05) is 12.1 Å². The van der Waals surface area contributed by atoms with Gasteiger partial charge in [-0.05, 0) is 44.2 Å². The number of nitrogens with one attached hydrogen (secondary N) is 1. The minimum absolute atomic E-state index is 0.153. The highest BCUT2D eigenvalue weighted by atomic mass is 16.1. The summed E-state index contributed by atoms with van der Waals surface area (Å²) < 4.78 is 0. The largest absolute Gasteiger partial charge is 0.355 e. The molecule has 2 fully saturated rings. The van der Waals surface area contributed by atoms with Gasteiger partial charge in [0.1, 0.15) is 5.82 Å². The van der Waals surface area contributed by atoms with E-state index < -0.39 is 0 Å². The van der Waals surface area contributed by atoms with Crippen molar-refractivity contribution in [1.29, 1.82) is 0 Å². The maximum absolute atomic E-state index is 12.3. The minimum atomic E-state index is 0.153. The fraction of sp³-hybridized carbons (Fsp3) is 0.500. The summed E-state index contributed by atoms with van der Waals surface area (Å²) in [5.74, 6) is 1.32. The third-order valence-corrected chi connectivity index (χ3v) is 5.08. The number of para-hydroxylation sites is 2. The quantitative estimate of drug-likeness (QED) is 0.946. The molecule has 120 valence electrons. The molecule has 0 bridgehead atoms. The summed E-state index contributed by atoms with van der Waals surface area (Å²) in [6.07, 6.45) is 7.19. The number of anilines is 1. The van der Waals surface area contributed by atoms with E-state index in [0.29, 0.717) is 6.04 Å². The molecule has 1 N–H and O–H groups in total. The summed E-state index contributed by atoms with van der Waals surface area (Å²) in [4.78, 5) is 23.7. The van der Waals surface area contributed by atoms with Crippen molar-refractivity contribution in [1.82, 2.24) is 15.3 Å². The summed E-state index contributed by atoms with van der Waals surface area (Å²) in [6.45, 7) is 1.74. The van der Waals surface area contributed by atoms with Gasteiger partial charge in [0, 0.05) is 25.0 Å². The van der Waals surface area contributed by atoms with Gasteiger partial charge in [-0.15, -0.1) is 0 Å². The van der Waals surface area contributed by atoms with Crippen LogP contribution >= 0.6 is 0 Å². The maximum atomic E-state index is 12.3. The van der Waals surface area contributed by atoms with E-state index in [4.69, 9.17) is 4.98 Å². The highest BCUT2D eigenvalue weighted by Gasteiger charge is 2.28. The van der Waals surface area contributed by atoms with E-state index in [1.807, 2.05) is 30.5 Å². The van der Waals surface area contributed by atoms with Crippen LogP contribution in [0.3, 0.4) is 0 Å². The van der Waals surface area contributed by atoms with E-state index in [0.717, 1.165) is 55.6 Å². The van der Waals surface area contributed by atoms with Gasteiger partial charge in [-0.2, -0.15) is 0 Å². The second-order valence-electron chi connectivity index (χ2n) is 6.61. The summed E-state index contributed by atoms with van der Waals surface area (Å²) in [5.41, 5.74) is 1.85. The molecule has 0 unspecified atom stereocenters. The molecule has 1 aliphatic carbocycles. The van der Waals surface area contributed by atoms with Gasteiger partial charge in [-0.25, -0.2) is 4.98 Å². The second-order valence-corrected chi connectivity index (χ2v) is 6.61. The first-order valence-electron chi connectivity index (χ1n) is 8.57. The summed E-state index contributed by atoms with van der Waals surface area (Å²) in [7, 11) is 0. The Bertz CT molecular complexity index is 705. The molecule has 5 nitrogen and oxygen atoms in total. The number of aromatic nitrogens is 2. The minimum Gasteiger partial charge on any atom is -0.355 e. The van der Waals surface area contributed by atoms with Crippen LogP contribution in [0.1, 0.15) is 32.1 Å². The molecular formula is C18H22N4O. The molecule has 1 saturated carbocycles. The van der Waals surface area contributed by atoms with Gasteiger partial charge in [-0.3, -0.25) is 9.78 Å². The number of nitrogens with zero attached hydrogens (tertiary/aromatic N) is 3. The molecule has 1 aromatic carbocycles. The molecule has 2 heterocycles. The van der Waals surface area contributed by atoms with Crippen LogP contribution in [0, 0.1) is 5.92 Å². The van der Waals surface area contributed by atoms with Crippen LogP contribution in [0.2, 0.25) is 0 Å². The fourth-order valence-electron chi connectivity index (χ4n) is 3.34. The first-order valence-corrected chi connectivity index (χ1v) is 8.57. The molecule has 2 aromatic rings. The van der Waals surface area contributed by atoms with Crippen molar-refractivity contribution in [2.75, 3.05) is 18.0 Å². The number of carbonyl (C=O) groups is 1. The van der Waals surface area contributed by atoms with Gasteiger partial charge in [0.25, 0.3) is 0 Å². The predicted molar refractivity (Wildman–Crippen MR) is 90.3 cm³/mol. The first-order chi connectivity index (χ1) is 11.3. The zero-order valence-corrected chi connectivity index (χ0v) is 13.2. The Morgan fingerprint density at radius 2 is 1.83 bits per heavy atom. The van der Waals surface area contributed by atoms with E-state index in [1.165, 1.54) is 6.42 Å². The first kappa shape index (κ1) is 14.4. The number of benzene rings is 1. The lowest BCUT2D eigenvalue weighted by Gasteiger charge is -2.34. The summed E-state index contributed by atoms with van der Waals surface area (Å²) in [6, 6.07) is 8.36. The number of hydrogen-bond acceptors (Lipinski definition) is 4. The third-order valence-electron chi connectivity index (χ3n) is 5.08. The van der Waals surface area contributed by atoms with Crippen molar-refractivity contribution < 1.29 is 4.79 Å². The lowest BCUT2D eigenvalue weighted by molar-refractivity contribution is -0.126. The van der Waals surface area contributed by atoms with Gasteiger partial charge < -0.3 is 10.2 Å². The monoisotopic (exact) mass is 310 g/mol. The van der Waals surface area contributed by atoms with Gasteiger partial charge in [0.15, 0.2) is 0 Å². The molecule has 1 saturated heterocycles. The highest BCUT2D eigenvalue weighted by Crippen LogP contribution is 2.24. The predicted octanol–water partition coefficient (Wildman–Crippen LogP) is 2.51. The third kappa shape index (κ3) is 3.00. The SMILES string of the molecule is O=C(NC1CCC1)C1CCN(c2cnc3ccccc3n2)CC1. The van der Waals surface area contributed by atoms with Crippen molar-refractivity contribution in [3.8, 4) is 0 Å². The molecule has 0 spiro atoms. The average molecular weight is 310 g/mol. The number of fused-ring (bicyclic) bond motifs is 1. The smallest absolute Gasteiger partial charge is 0.223 e. The number of carbonyl (C=O) groups excluding carboxylic acids is 1. The number of amides is 1. The zero-order valence-electron chi connectivity index (χ0n) is 13.2. The van der Waals surface area contributed by atoms with Gasteiger partial charge in [0.05, 0.1) is 17.2 Å². The van der Waals surface area contributed by atoms with Crippen molar-refractivity contribution in [2.45, 2.75) is 38.1 Å². The van der Waals surface area contributed by atoms with Crippen molar-refractivity contribution in [3.05, 3.63) is 30.5 Å². The molecule has 5 heteroatoms. The average Bonchev–Trinajstić information content (AvgIpc) is 2.57. The van der Waals surface area contributed by atoms with E-state index in [2.05, 4.69) is 15.2 Å². The van der Waals surface area contributed by atoms with Crippen LogP contribution < -0.4 is 10.2 Å². The molecule has 4 rings (SSSR count). The van der Waals surface area contributed by atoms with E-state index in [1.54, 1.807) is 0 Å². The lowest BCUT2D eigenvalue weighted by atomic mass is 9.90. The standard InChI is InChI=1S/C18H22N4O/c23-18(20-14-4-3-5-14)13-8-10-22(11-9-13)17-12-19-15-6-1-2-7-16(15)21-17/h1-2,6-7,12-14H,3-5,8-11H2,(H,20,23). The number of piperidine rings is 1. The normalized spacial score (nSPS) is 19.6. The molecule has 1 aromatic heterocycles. The number of hydrogen-bond donors (Lipinski definition) is 1. The second kappa shape index (κ2) is 6.14. The Labute approximate surface area is 136 Å². The Morgan fingerprint density at radius 3 is 2.52 bits per heavy atom. The fourth-order valence-corrected chi connectivity index (χ4v) is 3.34. The van der Waals surface area contributed by atoms with Crippen LogP contribution in [0.4, 0.5) is 5.82 Å². The number of rotatable bonds is 3. The van der Waals surface area contributed by atoms with Crippen LogP contribution in [0.15, 0.2) is 30.5 Å².